The van der Waals surface area contributed by atoms with E-state index in [4.69, 9.17) is 5.11 Å². The highest BCUT2D eigenvalue weighted by Crippen LogP contribution is 2.32. The number of carbonyl (C=O) groups excluding carboxylic acids is 1. The van der Waals surface area contributed by atoms with Crippen molar-refractivity contribution in [3.05, 3.63) is 21.4 Å². The second-order valence-corrected chi connectivity index (χ2v) is 7.86. The van der Waals surface area contributed by atoms with Gasteiger partial charge in [-0.3, -0.25) is 9.59 Å². The number of carboxylic acid groups (broad SMARTS) is 1. The molecule has 1 aliphatic rings. The van der Waals surface area contributed by atoms with Gasteiger partial charge in [0, 0.05) is 16.2 Å². The van der Waals surface area contributed by atoms with E-state index in [-0.39, 0.29) is 12.3 Å². The van der Waals surface area contributed by atoms with Crippen LogP contribution in [-0.4, -0.2) is 22.5 Å². The van der Waals surface area contributed by atoms with Gasteiger partial charge in [-0.1, -0.05) is 12.8 Å². The second-order valence-electron chi connectivity index (χ2n) is 6.40. The molecule has 1 heterocycles. The zero-order chi connectivity index (χ0) is 16.2. The molecule has 1 aromatic rings. The molecule has 1 aromatic heterocycles. The molecule has 1 aliphatic carbocycles. The monoisotopic (exact) mass is 323 g/mol. The predicted octanol–water partition coefficient (Wildman–Crippen LogP) is 3.59. The van der Waals surface area contributed by atoms with Crippen LogP contribution in [0.4, 0.5) is 0 Å². The molecular weight excluding hydrogens is 298 g/mol. The fourth-order valence-corrected chi connectivity index (χ4v) is 4.39. The number of aryl methyl sites for hydroxylation is 3. The molecule has 0 aliphatic heterocycles. The molecule has 5 heteroatoms. The van der Waals surface area contributed by atoms with Crippen LogP contribution in [0.5, 0.6) is 0 Å². The normalized spacial score (nSPS) is 16.6. The Labute approximate surface area is 135 Å². The lowest BCUT2D eigenvalue weighted by Gasteiger charge is -2.28. The van der Waals surface area contributed by atoms with Crippen LogP contribution in [0.2, 0.25) is 0 Å². The fourth-order valence-electron chi connectivity index (χ4n) is 3.42. The number of hydrogen-bond acceptors (Lipinski definition) is 3. The summed E-state index contributed by atoms with van der Waals surface area (Å²) in [6.45, 7) is 4.22. The van der Waals surface area contributed by atoms with Crippen molar-refractivity contribution in [3.63, 3.8) is 0 Å². The minimum Gasteiger partial charge on any atom is -0.481 e. The molecule has 0 unspecified atom stereocenters. The molecule has 1 fully saturated rings. The van der Waals surface area contributed by atoms with Crippen LogP contribution < -0.4 is 5.32 Å². The molecule has 122 valence electrons. The van der Waals surface area contributed by atoms with Crippen LogP contribution >= 0.6 is 11.3 Å². The Morgan fingerprint density at radius 3 is 2.55 bits per heavy atom. The summed E-state index contributed by atoms with van der Waals surface area (Å²) in [5.41, 5.74) is 0.828. The van der Waals surface area contributed by atoms with Gasteiger partial charge in [-0.2, -0.15) is 0 Å². The minimum atomic E-state index is -0.827. The minimum absolute atomic E-state index is 0.00671. The first-order chi connectivity index (χ1) is 10.4. The van der Waals surface area contributed by atoms with E-state index in [0.29, 0.717) is 6.42 Å². The summed E-state index contributed by atoms with van der Waals surface area (Å²) in [5.74, 6) is -0.834. The van der Waals surface area contributed by atoms with Crippen LogP contribution in [0, 0.1) is 13.8 Å². The Morgan fingerprint density at radius 1 is 1.32 bits per heavy atom. The smallest absolute Gasteiger partial charge is 0.305 e. The van der Waals surface area contributed by atoms with Crippen molar-refractivity contribution in [1.29, 1.82) is 0 Å². The fraction of sp³-hybridized carbons (Fsp3) is 0.647. The summed E-state index contributed by atoms with van der Waals surface area (Å²) in [6.07, 6.45) is 5.81. The van der Waals surface area contributed by atoms with E-state index < -0.39 is 11.5 Å². The van der Waals surface area contributed by atoms with Gasteiger partial charge in [0.15, 0.2) is 0 Å². The molecule has 1 amide bonds. The highest BCUT2D eigenvalue weighted by atomic mass is 32.1. The van der Waals surface area contributed by atoms with Gasteiger partial charge in [0.2, 0.25) is 5.91 Å². The Kier molecular flexibility index (Phi) is 5.62. The van der Waals surface area contributed by atoms with Gasteiger partial charge in [-0.25, -0.2) is 0 Å². The Morgan fingerprint density at radius 2 is 2.00 bits per heavy atom. The number of amides is 1. The largest absolute Gasteiger partial charge is 0.481 e. The van der Waals surface area contributed by atoms with Crippen molar-refractivity contribution in [2.24, 2.45) is 0 Å². The van der Waals surface area contributed by atoms with E-state index in [0.717, 1.165) is 38.5 Å². The molecule has 1 saturated carbocycles. The van der Waals surface area contributed by atoms with Gasteiger partial charge in [0.1, 0.15) is 0 Å². The van der Waals surface area contributed by atoms with Gasteiger partial charge in [0.25, 0.3) is 0 Å². The molecule has 2 N–H and O–H groups in total. The first-order valence-corrected chi connectivity index (χ1v) is 8.81. The van der Waals surface area contributed by atoms with Crippen molar-refractivity contribution >= 4 is 23.2 Å². The third kappa shape index (κ3) is 4.57. The lowest BCUT2D eigenvalue weighted by atomic mass is 9.93. The Hall–Kier alpha value is -1.36. The van der Waals surface area contributed by atoms with Crippen LogP contribution in [0.15, 0.2) is 6.07 Å². The summed E-state index contributed by atoms with van der Waals surface area (Å²) < 4.78 is 0. The average molecular weight is 323 g/mol. The highest BCUT2D eigenvalue weighted by molar-refractivity contribution is 7.12. The van der Waals surface area contributed by atoms with E-state index in [2.05, 4.69) is 25.2 Å². The first-order valence-electron chi connectivity index (χ1n) is 7.99. The highest BCUT2D eigenvalue weighted by Gasteiger charge is 2.37. The quantitative estimate of drug-likeness (QED) is 0.806. The van der Waals surface area contributed by atoms with Gasteiger partial charge in [-0.15, -0.1) is 11.3 Å². The van der Waals surface area contributed by atoms with Gasteiger partial charge >= 0.3 is 5.97 Å². The molecule has 0 spiro atoms. The molecule has 0 aromatic carbocycles. The standard InChI is InChI=1S/C17H25NO3S/c1-12-10-14(13(2)22-12)6-5-7-15(19)18-17(11-16(20)21)8-3-4-9-17/h10H,3-9,11H2,1-2H3,(H,18,19)(H,20,21). The van der Waals surface area contributed by atoms with Gasteiger partial charge in [0.05, 0.1) is 12.0 Å². The Balaban J connectivity index is 1.81. The summed E-state index contributed by atoms with van der Waals surface area (Å²) in [7, 11) is 0. The molecule has 0 radical (unpaired) electrons. The van der Waals surface area contributed by atoms with E-state index in [1.807, 2.05) is 0 Å². The zero-order valence-electron chi connectivity index (χ0n) is 13.4. The maximum absolute atomic E-state index is 12.2. The van der Waals surface area contributed by atoms with E-state index in [9.17, 15) is 9.59 Å². The molecule has 2 rings (SSSR count). The molecule has 0 bridgehead atoms. The van der Waals surface area contributed by atoms with Crippen LogP contribution in [0.25, 0.3) is 0 Å². The predicted molar refractivity (Wildman–Crippen MR) is 88.3 cm³/mol. The molecular formula is C17H25NO3S. The topological polar surface area (TPSA) is 66.4 Å². The van der Waals surface area contributed by atoms with Crippen molar-refractivity contribution < 1.29 is 14.7 Å². The van der Waals surface area contributed by atoms with Crippen molar-refractivity contribution in [2.75, 3.05) is 0 Å². The van der Waals surface area contributed by atoms with Crippen LogP contribution in [-0.2, 0) is 16.0 Å². The molecule has 22 heavy (non-hydrogen) atoms. The van der Waals surface area contributed by atoms with Gasteiger partial charge in [-0.05, 0) is 51.2 Å². The number of rotatable bonds is 7. The van der Waals surface area contributed by atoms with Crippen molar-refractivity contribution in [2.45, 2.75) is 70.8 Å². The maximum atomic E-state index is 12.2. The summed E-state index contributed by atoms with van der Waals surface area (Å²) in [6, 6.07) is 2.20. The number of carboxylic acids is 1. The third-order valence-electron chi connectivity index (χ3n) is 4.45. The van der Waals surface area contributed by atoms with Crippen LogP contribution in [0.1, 0.15) is 60.3 Å². The van der Waals surface area contributed by atoms with Crippen molar-refractivity contribution in [1.82, 2.24) is 5.32 Å². The molecule has 0 atom stereocenters. The van der Waals surface area contributed by atoms with E-state index in [1.54, 1.807) is 11.3 Å². The number of hydrogen-bond donors (Lipinski definition) is 2. The third-order valence-corrected chi connectivity index (χ3v) is 5.46. The zero-order valence-corrected chi connectivity index (χ0v) is 14.2. The lowest BCUT2D eigenvalue weighted by Crippen LogP contribution is -2.47. The maximum Gasteiger partial charge on any atom is 0.305 e. The van der Waals surface area contributed by atoms with Crippen molar-refractivity contribution in [3.8, 4) is 0 Å². The SMILES string of the molecule is Cc1cc(CCCC(=O)NC2(CC(=O)O)CCCC2)c(C)s1. The van der Waals surface area contributed by atoms with E-state index >= 15 is 0 Å². The number of aliphatic carboxylic acids is 1. The number of nitrogens with one attached hydrogen (secondary N) is 1. The molecule has 4 nitrogen and oxygen atoms in total. The molecule has 0 saturated heterocycles. The second kappa shape index (κ2) is 7.27. The Bertz CT molecular complexity index is 544. The average Bonchev–Trinajstić information content (AvgIpc) is 2.96. The van der Waals surface area contributed by atoms with E-state index in [1.165, 1.54) is 15.3 Å². The van der Waals surface area contributed by atoms with Gasteiger partial charge < -0.3 is 10.4 Å². The summed E-state index contributed by atoms with van der Waals surface area (Å²) >= 11 is 1.79. The first kappa shape index (κ1) is 17.0. The van der Waals surface area contributed by atoms with Crippen LogP contribution in [0.3, 0.4) is 0 Å². The summed E-state index contributed by atoms with van der Waals surface area (Å²) in [5, 5.41) is 12.1. The lowest BCUT2D eigenvalue weighted by molar-refractivity contribution is -0.139. The number of carbonyl (C=O) groups is 2. The number of thiophene rings is 1. The summed E-state index contributed by atoms with van der Waals surface area (Å²) in [4.78, 5) is 25.8.